The lowest BCUT2D eigenvalue weighted by atomic mass is 10.0. The van der Waals surface area contributed by atoms with Gasteiger partial charge in [0.15, 0.2) is 0 Å². The molecule has 1 aromatic rings. The molecule has 0 unspecified atom stereocenters. The first-order chi connectivity index (χ1) is 9.21. The van der Waals surface area contributed by atoms with E-state index in [9.17, 15) is 4.79 Å². The summed E-state index contributed by atoms with van der Waals surface area (Å²) in [7, 11) is 0. The third kappa shape index (κ3) is 3.36. The molecular weight excluding hydrogens is 317 g/mol. The number of halogens is 3. The molecule has 1 heterocycles. The summed E-state index contributed by atoms with van der Waals surface area (Å²) in [6, 6.07) is 3.36. The topological polar surface area (TPSA) is 30.0 Å². The Kier molecular flexibility index (Phi) is 4.48. The minimum atomic E-state index is -0.0339. The molecule has 5 heteroatoms. The first-order valence-corrected chi connectivity index (χ1v) is 7.54. The first kappa shape index (κ1) is 15.8. The van der Waals surface area contributed by atoms with Crippen LogP contribution in [-0.2, 0) is 11.2 Å². The number of carbonyl (C=O) groups excluding carboxylic acids is 1. The van der Waals surface area contributed by atoms with Gasteiger partial charge in [0.05, 0.1) is 0 Å². The highest BCUT2D eigenvalue weighted by Gasteiger charge is 2.59. The minimum Gasteiger partial charge on any atom is -0.299 e. The molecule has 1 saturated carbocycles. The normalized spacial score (nSPS) is 24.6. The molecule has 20 heavy (non-hydrogen) atoms. The molecule has 1 fully saturated rings. The number of aromatic nitrogens is 1. The standard InChI is InChI=1S/C15H16Cl3NO/c1-8(16)4-10-14(15(10,2)3)11(20)5-9-6-12(17)19-13(18)7-9/h4,6-7,10,14H,5H2,1-3H3/b8-4-/t10-,14+/m1/s1. The number of hydrogen-bond donors (Lipinski definition) is 0. The van der Waals surface area contributed by atoms with Gasteiger partial charge in [-0.25, -0.2) is 4.98 Å². The average Bonchev–Trinajstić information content (AvgIpc) is 2.77. The van der Waals surface area contributed by atoms with Gasteiger partial charge >= 0.3 is 0 Å². The van der Waals surface area contributed by atoms with Crippen LogP contribution in [0.3, 0.4) is 0 Å². The van der Waals surface area contributed by atoms with Gasteiger partial charge < -0.3 is 0 Å². The lowest BCUT2D eigenvalue weighted by Crippen LogP contribution is -2.09. The number of rotatable bonds is 4. The van der Waals surface area contributed by atoms with Crippen LogP contribution < -0.4 is 0 Å². The van der Waals surface area contributed by atoms with Crippen molar-refractivity contribution < 1.29 is 4.79 Å². The largest absolute Gasteiger partial charge is 0.299 e. The molecule has 0 N–H and O–H groups in total. The maximum Gasteiger partial charge on any atom is 0.141 e. The van der Waals surface area contributed by atoms with Crippen molar-refractivity contribution in [1.82, 2.24) is 4.98 Å². The van der Waals surface area contributed by atoms with E-state index in [-0.39, 0.29) is 23.0 Å². The van der Waals surface area contributed by atoms with Crippen molar-refractivity contribution >= 4 is 40.6 Å². The number of hydrogen-bond acceptors (Lipinski definition) is 2. The summed E-state index contributed by atoms with van der Waals surface area (Å²) in [6.45, 7) is 6.01. The number of allylic oxidation sites excluding steroid dienone is 2. The van der Waals surface area contributed by atoms with E-state index in [1.54, 1.807) is 12.1 Å². The van der Waals surface area contributed by atoms with Crippen LogP contribution >= 0.6 is 34.8 Å². The van der Waals surface area contributed by atoms with E-state index in [2.05, 4.69) is 18.8 Å². The Balaban J connectivity index is 2.12. The van der Waals surface area contributed by atoms with E-state index in [4.69, 9.17) is 34.8 Å². The van der Waals surface area contributed by atoms with Gasteiger partial charge in [-0.2, -0.15) is 0 Å². The van der Waals surface area contributed by atoms with Gasteiger partial charge in [-0.05, 0) is 36.0 Å². The van der Waals surface area contributed by atoms with Gasteiger partial charge in [0.1, 0.15) is 16.1 Å². The van der Waals surface area contributed by atoms with Crippen LogP contribution in [0.4, 0.5) is 0 Å². The van der Waals surface area contributed by atoms with E-state index in [1.807, 2.05) is 13.0 Å². The van der Waals surface area contributed by atoms with Crippen molar-refractivity contribution in [2.75, 3.05) is 0 Å². The highest BCUT2D eigenvalue weighted by molar-refractivity contribution is 6.32. The molecule has 0 saturated heterocycles. The Bertz CT molecular complexity index is 556. The van der Waals surface area contributed by atoms with Crippen LogP contribution in [0, 0.1) is 17.3 Å². The summed E-state index contributed by atoms with van der Waals surface area (Å²) in [5, 5.41) is 1.35. The van der Waals surface area contributed by atoms with Crippen LogP contribution in [-0.4, -0.2) is 10.8 Å². The van der Waals surface area contributed by atoms with Crippen LogP contribution in [0.25, 0.3) is 0 Å². The monoisotopic (exact) mass is 331 g/mol. The summed E-state index contributed by atoms with van der Waals surface area (Å²) in [4.78, 5) is 16.3. The molecule has 0 amide bonds. The molecule has 0 aliphatic heterocycles. The zero-order chi connectivity index (χ0) is 15.1. The maximum atomic E-state index is 12.4. The second-order valence-electron chi connectivity index (χ2n) is 5.84. The maximum absolute atomic E-state index is 12.4. The van der Waals surface area contributed by atoms with E-state index in [0.717, 1.165) is 10.6 Å². The van der Waals surface area contributed by atoms with Crippen LogP contribution in [0.5, 0.6) is 0 Å². The molecule has 0 aromatic carbocycles. The van der Waals surface area contributed by atoms with Gasteiger partial charge in [-0.3, -0.25) is 4.79 Å². The number of Topliss-reactive ketones (excluding diaryl/α,β-unsaturated/α-hetero) is 1. The molecule has 0 spiro atoms. The van der Waals surface area contributed by atoms with Crippen molar-refractivity contribution in [3.05, 3.63) is 39.1 Å². The van der Waals surface area contributed by atoms with Gasteiger partial charge in [-0.1, -0.05) is 54.7 Å². The predicted octanol–water partition coefficient (Wildman–Crippen LogP) is 4.91. The number of carbonyl (C=O) groups is 1. The van der Waals surface area contributed by atoms with Crippen molar-refractivity contribution in [1.29, 1.82) is 0 Å². The second kappa shape index (κ2) is 5.67. The van der Waals surface area contributed by atoms with Gasteiger partial charge in [-0.15, -0.1) is 0 Å². The number of nitrogens with zero attached hydrogens (tertiary/aromatic N) is 1. The summed E-state index contributed by atoms with van der Waals surface area (Å²) >= 11 is 17.6. The van der Waals surface area contributed by atoms with Crippen LogP contribution in [0.15, 0.2) is 23.2 Å². The fourth-order valence-corrected chi connectivity index (χ4v) is 3.42. The van der Waals surface area contributed by atoms with Crippen molar-refractivity contribution in [3.63, 3.8) is 0 Å². The zero-order valence-corrected chi connectivity index (χ0v) is 13.9. The fourth-order valence-electron chi connectivity index (χ4n) is 2.78. The van der Waals surface area contributed by atoms with Crippen LogP contribution in [0.2, 0.25) is 10.3 Å². The fraction of sp³-hybridized carbons (Fsp3) is 0.467. The Morgan fingerprint density at radius 2 is 1.90 bits per heavy atom. The Morgan fingerprint density at radius 1 is 1.35 bits per heavy atom. The third-order valence-corrected chi connectivity index (χ3v) is 4.38. The lowest BCUT2D eigenvalue weighted by molar-refractivity contribution is -0.120. The van der Waals surface area contributed by atoms with E-state index < -0.39 is 0 Å². The average molecular weight is 333 g/mol. The summed E-state index contributed by atoms with van der Waals surface area (Å²) in [6.07, 6.45) is 2.29. The number of ketones is 1. The molecule has 1 aliphatic carbocycles. The van der Waals surface area contributed by atoms with Gasteiger partial charge in [0, 0.05) is 17.4 Å². The molecule has 2 atom stereocenters. The lowest BCUT2D eigenvalue weighted by Gasteiger charge is -2.04. The van der Waals surface area contributed by atoms with Gasteiger partial charge in [0.2, 0.25) is 0 Å². The highest BCUT2D eigenvalue weighted by Crippen LogP contribution is 2.60. The highest BCUT2D eigenvalue weighted by atomic mass is 35.5. The van der Waals surface area contributed by atoms with Crippen LogP contribution in [0.1, 0.15) is 26.3 Å². The summed E-state index contributed by atoms with van der Waals surface area (Å²) in [5.41, 5.74) is 0.765. The molecule has 0 bridgehead atoms. The zero-order valence-electron chi connectivity index (χ0n) is 11.6. The van der Waals surface area contributed by atoms with E-state index in [0.29, 0.717) is 16.7 Å². The molecule has 1 aromatic heterocycles. The molecule has 2 rings (SSSR count). The smallest absolute Gasteiger partial charge is 0.141 e. The minimum absolute atomic E-state index is 0.00177. The summed E-state index contributed by atoms with van der Waals surface area (Å²) < 4.78 is 0. The quantitative estimate of drug-likeness (QED) is 0.733. The van der Waals surface area contributed by atoms with E-state index >= 15 is 0 Å². The Labute approximate surface area is 134 Å². The van der Waals surface area contributed by atoms with Crippen molar-refractivity contribution in [2.45, 2.75) is 27.2 Å². The Morgan fingerprint density at radius 3 is 2.40 bits per heavy atom. The molecule has 0 radical (unpaired) electrons. The number of pyridine rings is 1. The van der Waals surface area contributed by atoms with E-state index in [1.165, 1.54) is 0 Å². The molecule has 2 nitrogen and oxygen atoms in total. The first-order valence-electron chi connectivity index (χ1n) is 6.40. The SMILES string of the molecule is C/C(Cl)=C/[C@@H]1[C@@H](C(=O)Cc2cc(Cl)nc(Cl)c2)C1(C)C. The van der Waals surface area contributed by atoms with Crippen molar-refractivity contribution in [3.8, 4) is 0 Å². The van der Waals surface area contributed by atoms with Crippen molar-refractivity contribution in [2.24, 2.45) is 17.3 Å². The Hall–Kier alpha value is -0.570. The third-order valence-electron chi connectivity index (χ3n) is 3.87. The summed E-state index contributed by atoms with van der Waals surface area (Å²) in [5.74, 6) is 0.398. The molecule has 1 aliphatic rings. The van der Waals surface area contributed by atoms with Gasteiger partial charge in [0.25, 0.3) is 0 Å². The molecule has 108 valence electrons. The predicted molar refractivity (Wildman–Crippen MR) is 83.3 cm³/mol. The molecular formula is C15H16Cl3NO. The second-order valence-corrected chi connectivity index (χ2v) is 7.21.